The summed E-state index contributed by atoms with van der Waals surface area (Å²) < 4.78 is 6.90. The second-order valence-electron chi connectivity index (χ2n) is 9.37. The number of allylic oxidation sites excluding steroid dienone is 1. The summed E-state index contributed by atoms with van der Waals surface area (Å²) in [5.41, 5.74) is 3.21. The van der Waals surface area contributed by atoms with Crippen LogP contribution in [0.5, 0.6) is 0 Å². The number of carbonyl (C=O) groups excluding carboxylic acids is 1. The molecular formula is C24H31ClN6O2. The standard InChI is InChI=1S/C24H31ClN6O2/c1-17(2)26-23-3-4-31(27-23)24(32)30-15-19-13-28(14-20(19)16-30)12-18-9-21(25)11-22(10-18)29-5-7-33-8-6-29/h3-4,9-11,19-20H,1,5-8,12-16H2,2H3,(H,26,27). The summed E-state index contributed by atoms with van der Waals surface area (Å²) >= 11 is 6.45. The SMILES string of the molecule is C=C(C)Nc1ccn(C(=O)N2CC3CN(Cc4cc(Cl)cc(N5CCOCC5)c4)CC3C2)n1. The molecule has 1 aromatic heterocycles. The smallest absolute Gasteiger partial charge is 0.344 e. The maximum Gasteiger partial charge on any atom is 0.344 e. The third-order valence-electron chi connectivity index (χ3n) is 6.68. The molecule has 0 spiro atoms. The van der Waals surface area contributed by atoms with E-state index >= 15 is 0 Å². The van der Waals surface area contributed by atoms with Crippen molar-refractivity contribution in [1.29, 1.82) is 0 Å². The molecule has 0 aliphatic carbocycles. The molecule has 176 valence electrons. The minimum atomic E-state index is -0.0595. The van der Waals surface area contributed by atoms with Gasteiger partial charge in [0.05, 0.1) is 13.2 Å². The molecule has 3 aliphatic rings. The predicted molar refractivity (Wildman–Crippen MR) is 130 cm³/mol. The number of hydrogen-bond donors (Lipinski definition) is 1. The van der Waals surface area contributed by atoms with E-state index in [1.54, 1.807) is 12.3 Å². The lowest BCUT2D eigenvalue weighted by Gasteiger charge is -2.29. The molecule has 2 unspecified atom stereocenters. The van der Waals surface area contributed by atoms with Crippen molar-refractivity contribution in [3.8, 4) is 0 Å². The minimum Gasteiger partial charge on any atom is -0.378 e. The van der Waals surface area contributed by atoms with Gasteiger partial charge in [0.15, 0.2) is 5.82 Å². The number of hydrogen-bond acceptors (Lipinski definition) is 6. The number of anilines is 2. The number of halogens is 1. The van der Waals surface area contributed by atoms with Crippen LogP contribution >= 0.6 is 11.6 Å². The number of fused-ring (bicyclic) bond motifs is 1. The molecule has 4 heterocycles. The summed E-state index contributed by atoms with van der Waals surface area (Å²) in [6.07, 6.45) is 1.71. The Kier molecular flexibility index (Phi) is 6.32. The molecule has 8 nitrogen and oxygen atoms in total. The molecule has 3 fully saturated rings. The number of benzene rings is 1. The van der Waals surface area contributed by atoms with E-state index in [2.05, 4.69) is 38.9 Å². The van der Waals surface area contributed by atoms with Gasteiger partial charge in [-0.05, 0) is 42.5 Å². The first-order valence-corrected chi connectivity index (χ1v) is 11.9. The van der Waals surface area contributed by atoms with Crippen molar-refractivity contribution in [2.24, 2.45) is 11.8 Å². The van der Waals surface area contributed by atoms with Crippen molar-refractivity contribution < 1.29 is 9.53 Å². The molecule has 2 aromatic rings. The molecule has 1 aromatic carbocycles. The van der Waals surface area contributed by atoms with Gasteiger partial charge < -0.3 is 19.9 Å². The van der Waals surface area contributed by atoms with Crippen molar-refractivity contribution in [3.63, 3.8) is 0 Å². The Hall–Kier alpha value is -2.55. The Morgan fingerprint density at radius 2 is 1.91 bits per heavy atom. The average Bonchev–Trinajstić information content (AvgIpc) is 3.48. The van der Waals surface area contributed by atoms with Crippen LogP contribution < -0.4 is 10.2 Å². The fraction of sp³-hybridized carbons (Fsp3) is 0.500. The number of nitrogens with zero attached hydrogens (tertiary/aromatic N) is 5. The highest BCUT2D eigenvalue weighted by Gasteiger charge is 2.42. The average molecular weight is 471 g/mol. The quantitative estimate of drug-likeness (QED) is 0.723. The lowest BCUT2D eigenvalue weighted by atomic mass is 10.0. The second-order valence-corrected chi connectivity index (χ2v) is 9.81. The van der Waals surface area contributed by atoms with E-state index in [4.69, 9.17) is 16.3 Å². The summed E-state index contributed by atoms with van der Waals surface area (Å²) in [4.78, 5) is 19.7. The first-order chi connectivity index (χ1) is 15.9. The summed E-state index contributed by atoms with van der Waals surface area (Å²) in [5, 5.41) is 8.16. The summed E-state index contributed by atoms with van der Waals surface area (Å²) in [6, 6.07) is 8.11. The number of ether oxygens (including phenoxy) is 1. The van der Waals surface area contributed by atoms with Gasteiger partial charge in [0, 0.05) is 74.5 Å². The van der Waals surface area contributed by atoms with Gasteiger partial charge in [-0.25, -0.2) is 4.79 Å². The van der Waals surface area contributed by atoms with E-state index in [-0.39, 0.29) is 6.03 Å². The zero-order chi connectivity index (χ0) is 22.9. The van der Waals surface area contributed by atoms with Crippen LogP contribution in [0.25, 0.3) is 0 Å². The molecule has 9 heteroatoms. The molecule has 33 heavy (non-hydrogen) atoms. The highest BCUT2D eigenvalue weighted by Crippen LogP contribution is 2.33. The Morgan fingerprint density at radius 3 is 2.61 bits per heavy atom. The number of rotatable bonds is 5. The number of nitrogens with one attached hydrogen (secondary N) is 1. The van der Waals surface area contributed by atoms with Crippen LogP contribution in [0.4, 0.5) is 16.3 Å². The van der Waals surface area contributed by atoms with E-state index in [0.717, 1.165) is 69.7 Å². The number of likely N-dealkylation sites (tertiary alicyclic amines) is 2. The normalized spacial score (nSPS) is 23.1. The lowest BCUT2D eigenvalue weighted by Crippen LogP contribution is -2.36. The molecule has 1 amide bonds. The van der Waals surface area contributed by atoms with E-state index in [0.29, 0.717) is 17.7 Å². The largest absolute Gasteiger partial charge is 0.378 e. The molecule has 2 atom stereocenters. The number of morpholine rings is 1. The first kappa shape index (κ1) is 22.3. The van der Waals surface area contributed by atoms with Gasteiger partial charge in [0.1, 0.15) is 0 Å². The zero-order valence-electron chi connectivity index (χ0n) is 19.0. The third-order valence-corrected chi connectivity index (χ3v) is 6.90. The van der Waals surface area contributed by atoms with Crippen LogP contribution in [0, 0.1) is 11.8 Å². The second kappa shape index (κ2) is 9.37. The van der Waals surface area contributed by atoms with Gasteiger partial charge in [-0.3, -0.25) is 4.90 Å². The van der Waals surface area contributed by atoms with Crippen LogP contribution in [-0.4, -0.2) is 78.1 Å². The highest BCUT2D eigenvalue weighted by atomic mass is 35.5. The van der Waals surface area contributed by atoms with Crippen molar-refractivity contribution in [2.45, 2.75) is 13.5 Å². The fourth-order valence-electron chi connectivity index (χ4n) is 5.22. The van der Waals surface area contributed by atoms with Crippen molar-refractivity contribution in [3.05, 3.63) is 53.3 Å². The molecule has 1 N–H and O–H groups in total. The number of aromatic nitrogens is 2. The van der Waals surface area contributed by atoms with Gasteiger partial charge in [0.25, 0.3) is 0 Å². The van der Waals surface area contributed by atoms with Crippen LogP contribution in [0.15, 0.2) is 42.7 Å². The number of amides is 1. The van der Waals surface area contributed by atoms with Gasteiger partial charge in [-0.1, -0.05) is 18.2 Å². The lowest BCUT2D eigenvalue weighted by molar-refractivity contribution is 0.122. The number of carbonyl (C=O) groups is 1. The first-order valence-electron chi connectivity index (χ1n) is 11.6. The highest BCUT2D eigenvalue weighted by molar-refractivity contribution is 6.30. The van der Waals surface area contributed by atoms with E-state index in [9.17, 15) is 4.79 Å². The minimum absolute atomic E-state index is 0.0595. The molecule has 0 bridgehead atoms. The molecule has 3 aliphatic heterocycles. The Morgan fingerprint density at radius 1 is 1.18 bits per heavy atom. The molecule has 3 saturated heterocycles. The Bertz CT molecular complexity index is 1020. The molecule has 0 saturated carbocycles. The maximum absolute atomic E-state index is 12.9. The van der Waals surface area contributed by atoms with E-state index in [1.807, 2.05) is 17.9 Å². The fourth-order valence-corrected chi connectivity index (χ4v) is 5.48. The topological polar surface area (TPSA) is 65.9 Å². The third kappa shape index (κ3) is 5.03. The van der Waals surface area contributed by atoms with Gasteiger partial charge in [-0.15, -0.1) is 5.10 Å². The van der Waals surface area contributed by atoms with Crippen LogP contribution in [0.3, 0.4) is 0 Å². The van der Waals surface area contributed by atoms with E-state index in [1.165, 1.54) is 15.9 Å². The zero-order valence-corrected chi connectivity index (χ0v) is 19.8. The summed E-state index contributed by atoms with van der Waals surface area (Å²) in [7, 11) is 0. The van der Waals surface area contributed by atoms with Crippen LogP contribution in [0.2, 0.25) is 5.02 Å². The molecule has 5 rings (SSSR count). The van der Waals surface area contributed by atoms with Gasteiger partial charge >= 0.3 is 6.03 Å². The molecular weight excluding hydrogens is 440 g/mol. The predicted octanol–water partition coefficient (Wildman–Crippen LogP) is 3.35. The Balaban J connectivity index is 1.17. The Labute approximate surface area is 199 Å². The monoisotopic (exact) mass is 470 g/mol. The van der Waals surface area contributed by atoms with Crippen LogP contribution in [-0.2, 0) is 11.3 Å². The van der Waals surface area contributed by atoms with Gasteiger partial charge in [-0.2, -0.15) is 4.68 Å². The van der Waals surface area contributed by atoms with Crippen molar-refractivity contribution in [2.75, 3.05) is 62.7 Å². The molecule has 0 radical (unpaired) electrons. The van der Waals surface area contributed by atoms with Crippen LogP contribution in [0.1, 0.15) is 12.5 Å². The maximum atomic E-state index is 12.9. The summed E-state index contributed by atoms with van der Waals surface area (Å²) in [6.45, 7) is 13.4. The van der Waals surface area contributed by atoms with Crippen molar-refractivity contribution >= 4 is 29.1 Å². The van der Waals surface area contributed by atoms with Gasteiger partial charge in [0.2, 0.25) is 0 Å². The summed E-state index contributed by atoms with van der Waals surface area (Å²) in [5.74, 6) is 1.63. The van der Waals surface area contributed by atoms with Crippen molar-refractivity contribution in [1.82, 2.24) is 19.6 Å². The van der Waals surface area contributed by atoms with E-state index < -0.39 is 0 Å².